The molecule has 116 valence electrons. The van der Waals surface area contributed by atoms with Crippen LogP contribution in [0.25, 0.3) is 10.9 Å². The van der Waals surface area contributed by atoms with E-state index in [1.54, 1.807) is 30.5 Å². The molecule has 0 amide bonds. The van der Waals surface area contributed by atoms with E-state index in [1.807, 2.05) is 24.3 Å². The number of hydrogen-bond donors (Lipinski definition) is 2. The fourth-order valence-electron chi connectivity index (χ4n) is 2.54. The second-order valence-electron chi connectivity index (χ2n) is 5.04. The van der Waals surface area contributed by atoms with Crippen LogP contribution in [0.2, 0.25) is 0 Å². The molecule has 0 saturated carbocycles. The third-order valence-electron chi connectivity index (χ3n) is 3.54. The van der Waals surface area contributed by atoms with E-state index in [0.717, 1.165) is 10.9 Å². The molecule has 4 rings (SSSR count). The summed E-state index contributed by atoms with van der Waals surface area (Å²) < 4.78 is 16.6. The maximum Gasteiger partial charge on any atom is 0.310 e. The molecule has 6 nitrogen and oxygen atoms in total. The molecule has 1 atom stereocenters. The summed E-state index contributed by atoms with van der Waals surface area (Å²) in [6.07, 6.45) is 0.991. The largest absolute Gasteiger partial charge is 0.446 e. The summed E-state index contributed by atoms with van der Waals surface area (Å²) in [5.41, 5.74) is 1.37. The van der Waals surface area contributed by atoms with Gasteiger partial charge in [-0.25, -0.2) is 0 Å². The topological polar surface area (TPSA) is 81.0 Å². The van der Waals surface area contributed by atoms with Gasteiger partial charge in [0.1, 0.15) is 5.75 Å². The molecule has 2 N–H and O–H groups in total. The van der Waals surface area contributed by atoms with Gasteiger partial charge < -0.3 is 24.4 Å². The Balaban J connectivity index is 1.69. The third-order valence-corrected chi connectivity index (χ3v) is 3.54. The number of benzene rings is 2. The van der Waals surface area contributed by atoms with Gasteiger partial charge in [0.15, 0.2) is 11.5 Å². The molecule has 1 aliphatic heterocycles. The van der Waals surface area contributed by atoms with Crippen LogP contribution in [0.3, 0.4) is 0 Å². The van der Waals surface area contributed by atoms with Crippen LogP contribution in [0.1, 0.15) is 11.9 Å². The molecule has 0 aliphatic carbocycles. The van der Waals surface area contributed by atoms with Crippen LogP contribution in [0.5, 0.6) is 17.2 Å². The summed E-state index contributed by atoms with van der Waals surface area (Å²) in [5, 5.41) is 19.0. The summed E-state index contributed by atoms with van der Waals surface area (Å²) in [4.78, 5) is 4.29. The van der Waals surface area contributed by atoms with E-state index in [4.69, 9.17) is 24.4 Å². The highest BCUT2D eigenvalue weighted by molar-refractivity contribution is 5.82. The molecule has 0 bridgehead atoms. The third kappa shape index (κ3) is 2.54. The predicted octanol–water partition coefficient (Wildman–Crippen LogP) is 2.35. The molecule has 0 saturated heterocycles. The summed E-state index contributed by atoms with van der Waals surface area (Å²) in [7, 11) is 0. The van der Waals surface area contributed by atoms with E-state index in [2.05, 4.69) is 4.98 Å². The van der Waals surface area contributed by atoms with Crippen LogP contribution >= 0.6 is 0 Å². The number of nitrogens with zero attached hydrogens (tertiary/aromatic N) is 1. The summed E-state index contributed by atoms with van der Waals surface area (Å²) in [6, 6.07) is 14.3. The molecular weight excluding hydrogens is 298 g/mol. The average Bonchev–Trinajstić information content (AvgIpc) is 2.95. The van der Waals surface area contributed by atoms with Crippen LogP contribution in [0.15, 0.2) is 54.7 Å². The summed E-state index contributed by atoms with van der Waals surface area (Å²) in [6.45, 7) is -1.91. The van der Waals surface area contributed by atoms with Gasteiger partial charge >= 0.3 is 6.48 Å². The number of pyridine rings is 1. The number of hydrogen-bond acceptors (Lipinski definition) is 6. The fourth-order valence-corrected chi connectivity index (χ4v) is 2.54. The Hall–Kier alpha value is -2.83. The molecular formula is C17H13NO5. The summed E-state index contributed by atoms with van der Waals surface area (Å²) >= 11 is 0. The molecule has 0 fully saturated rings. The van der Waals surface area contributed by atoms with Gasteiger partial charge in [0, 0.05) is 17.6 Å². The molecule has 6 heteroatoms. The molecule has 1 aliphatic rings. The molecule has 2 heterocycles. The van der Waals surface area contributed by atoms with Gasteiger partial charge in [0.2, 0.25) is 0 Å². The van der Waals surface area contributed by atoms with E-state index in [9.17, 15) is 0 Å². The minimum atomic E-state index is -1.91. The van der Waals surface area contributed by atoms with Gasteiger partial charge in [-0.3, -0.25) is 4.98 Å². The Morgan fingerprint density at radius 2 is 1.78 bits per heavy atom. The monoisotopic (exact) mass is 311 g/mol. The highest BCUT2D eigenvalue weighted by Gasteiger charge is 2.29. The van der Waals surface area contributed by atoms with Crippen LogP contribution < -0.4 is 14.2 Å². The first-order chi connectivity index (χ1) is 11.2. The minimum absolute atomic E-state index is 0.281. The first-order valence-electron chi connectivity index (χ1n) is 7.04. The first-order valence-corrected chi connectivity index (χ1v) is 7.04. The van der Waals surface area contributed by atoms with Crippen molar-refractivity contribution in [2.24, 2.45) is 0 Å². The second kappa shape index (κ2) is 5.42. The normalized spacial score (nSPS) is 16.0. The Morgan fingerprint density at radius 1 is 1.00 bits per heavy atom. The van der Waals surface area contributed by atoms with Crippen molar-refractivity contribution in [3.63, 3.8) is 0 Å². The van der Waals surface area contributed by atoms with E-state index >= 15 is 0 Å². The smallest absolute Gasteiger partial charge is 0.310 e. The maximum atomic E-state index is 9.02. The van der Waals surface area contributed by atoms with E-state index in [1.165, 1.54) is 0 Å². The zero-order valence-corrected chi connectivity index (χ0v) is 11.9. The van der Waals surface area contributed by atoms with Gasteiger partial charge in [-0.1, -0.05) is 18.2 Å². The number of rotatable bonds is 3. The van der Waals surface area contributed by atoms with Crippen LogP contribution in [0.4, 0.5) is 0 Å². The van der Waals surface area contributed by atoms with Crippen LogP contribution in [-0.2, 0) is 0 Å². The van der Waals surface area contributed by atoms with Gasteiger partial charge in [-0.05, 0) is 24.3 Å². The Kier molecular flexibility index (Phi) is 3.25. The van der Waals surface area contributed by atoms with Crippen LogP contribution in [-0.4, -0.2) is 21.7 Å². The Labute approximate surface area is 131 Å². The van der Waals surface area contributed by atoms with Gasteiger partial charge in [-0.2, -0.15) is 0 Å². The predicted molar refractivity (Wildman–Crippen MR) is 81.0 cm³/mol. The number of fused-ring (bicyclic) bond motifs is 2. The van der Waals surface area contributed by atoms with Gasteiger partial charge in [0.05, 0.1) is 11.1 Å². The van der Waals surface area contributed by atoms with Crippen molar-refractivity contribution in [1.29, 1.82) is 0 Å². The lowest BCUT2D eigenvalue weighted by molar-refractivity contribution is -0.180. The Bertz CT molecular complexity index is 820. The molecule has 1 aromatic heterocycles. The zero-order valence-electron chi connectivity index (χ0n) is 11.9. The SMILES string of the molecule is OC(O)Oc1ccccc1C1Oc2cc3cccnc3cc2O1. The van der Waals surface area contributed by atoms with E-state index < -0.39 is 12.8 Å². The molecule has 2 aromatic carbocycles. The van der Waals surface area contributed by atoms with E-state index in [0.29, 0.717) is 17.1 Å². The first kappa shape index (κ1) is 13.8. The molecule has 1 unspecified atom stereocenters. The fraction of sp³-hybridized carbons (Fsp3) is 0.118. The standard InChI is InChI=1S/C17H13NO5/c19-17(20)23-13-6-2-1-5-11(13)16-21-14-8-10-4-3-7-18-12(10)9-15(14)22-16/h1-9,16-17,19-20H. The number of aromatic nitrogens is 1. The molecule has 0 radical (unpaired) electrons. The highest BCUT2D eigenvalue weighted by atomic mass is 16.7. The van der Waals surface area contributed by atoms with E-state index in [-0.39, 0.29) is 5.75 Å². The Morgan fingerprint density at radius 3 is 2.61 bits per heavy atom. The number of para-hydroxylation sites is 1. The lowest BCUT2D eigenvalue weighted by atomic mass is 10.2. The van der Waals surface area contributed by atoms with Crippen molar-refractivity contribution in [3.05, 3.63) is 60.3 Å². The van der Waals surface area contributed by atoms with Crippen molar-refractivity contribution in [3.8, 4) is 17.2 Å². The molecule has 3 aromatic rings. The molecule has 23 heavy (non-hydrogen) atoms. The van der Waals surface area contributed by atoms with Gasteiger partial charge in [0.25, 0.3) is 6.29 Å². The molecule has 0 spiro atoms. The summed E-state index contributed by atoms with van der Waals surface area (Å²) in [5.74, 6) is 1.47. The minimum Gasteiger partial charge on any atom is -0.446 e. The van der Waals surface area contributed by atoms with Crippen molar-refractivity contribution in [1.82, 2.24) is 4.98 Å². The quantitative estimate of drug-likeness (QED) is 0.723. The van der Waals surface area contributed by atoms with Crippen LogP contribution in [0, 0.1) is 0 Å². The number of aliphatic hydroxyl groups is 2. The van der Waals surface area contributed by atoms with Gasteiger partial charge in [-0.15, -0.1) is 0 Å². The lowest BCUT2D eigenvalue weighted by Crippen LogP contribution is -2.17. The van der Waals surface area contributed by atoms with Crippen molar-refractivity contribution in [2.45, 2.75) is 12.8 Å². The zero-order chi connectivity index (χ0) is 15.8. The van der Waals surface area contributed by atoms with Crippen molar-refractivity contribution in [2.75, 3.05) is 0 Å². The van der Waals surface area contributed by atoms with Crippen molar-refractivity contribution >= 4 is 10.9 Å². The number of ether oxygens (including phenoxy) is 3. The second-order valence-corrected chi connectivity index (χ2v) is 5.04. The van der Waals surface area contributed by atoms with Crippen molar-refractivity contribution < 1.29 is 24.4 Å². The lowest BCUT2D eigenvalue weighted by Gasteiger charge is -2.16. The maximum absolute atomic E-state index is 9.02. The number of aliphatic hydroxyl groups excluding tert-OH is 1. The average molecular weight is 311 g/mol. The highest BCUT2D eigenvalue weighted by Crippen LogP contribution is 2.44.